The number of hydrogen-bond acceptors (Lipinski definition) is 6. The number of hydrogen-bond donors (Lipinski definition) is 1. The zero-order valence-electron chi connectivity index (χ0n) is 17.7. The number of carbonyl (C=O) groups is 1. The van der Waals surface area contributed by atoms with Gasteiger partial charge >= 0.3 is 0 Å². The number of nitrogens with zero attached hydrogens (tertiary/aromatic N) is 3. The molecule has 0 bridgehead atoms. The van der Waals surface area contributed by atoms with Gasteiger partial charge in [-0.05, 0) is 42.8 Å². The molecule has 0 saturated carbocycles. The summed E-state index contributed by atoms with van der Waals surface area (Å²) in [5, 5.41) is 11.5. The third-order valence-electron chi connectivity index (χ3n) is 4.89. The number of amides is 1. The first-order valence-electron chi connectivity index (χ1n) is 10.3. The molecule has 0 saturated heterocycles. The fourth-order valence-corrected chi connectivity index (χ4v) is 3.28. The number of non-ortho nitro benzene ring substituents is 1. The van der Waals surface area contributed by atoms with Gasteiger partial charge in [-0.1, -0.05) is 31.2 Å². The summed E-state index contributed by atoms with van der Waals surface area (Å²) >= 11 is 0. The molecule has 166 valence electrons. The van der Waals surface area contributed by atoms with Gasteiger partial charge in [-0.15, -0.1) is 0 Å². The number of nitro groups is 1. The average Bonchev–Trinajstić information content (AvgIpc) is 2.84. The zero-order valence-corrected chi connectivity index (χ0v) is 17.7. The quantitative estimate of drug-likeness (QED) is 0.338. The molecule has 9 heteroatoms. The van der Waals surface area contributed by atoms with Crippen LogP contribution in [0.2, 0.25) is 0 Å². The molecule has 1 heterocycles. The van der Waals surface area contributed by atoms with E-state index >= 15 is 0 Å². The van der Waals surface area contributed by atoms with Crippen LogP contribution in [-0.4, -0.2) is 27.1 Å². The van der Waals surface area contributed by atoms with Gasteiger partial charge < -0.3 is 4.74 Å². The number of fused-ring (bicyclic) bond motifs is 1. The fourth-order valence-electron chi connectivity index (χ4n) is 3.28. The van der Waals surface area contributed by atoms with Gasteiger partial charge in [-0.2, -0.15) is 4.68 Å². The molecule has 0 fully saturated rings. The SMILES string of the molecule is CCCOc1ccc(C(=O)Nn2c(-c3cccc([N+](=O)[O-])c3)nc3ccccc3c2=O)cc1. The van der Waals surface area contributed by atoms with Crippen LogP contribution >= 0.6 is 0 Å². The predicted molar refractivity (Wildman–Crippen MR) is 124 cm³/mol. The summed E-state index contributed by atoms with van der Waals surface area (Å²) in [6, 6.07) is 19.0. The van der Waals surface area contributed by atoms with Gasteiger partial charge in [0.05, 0.1) is 22.4 Å². The van der Waals surface area contributed by atoms with Crippen LogP contribution < -0.4 is 15.7 Å². The molecule has 0 aliphatic rings. The lowest BCUT2D eigenvalue weighted by molar-refractivity contribution is -0.384. The second-order valence-electron chi connectivity index (χ2n) is 7.21. The molecule has 3 aromatic carbocycles. The monoisotopic (exact) mass is 444 g/mol. The van der Waals surface area contributed by atoms with Crippen LogP contribution in [0.25, 0.3) is 22.3 Å². The maximum Gasteiger partial charge on any atom is 0.280 e. The van der Waals surface area contributed by atoms with Crippen LogP contribution in [0, 0.1) is 10.1 Å². The first-order chi connectivity index (χ1) is 16.0. The van der Waals surface area contributed by atoms with Crippen molar-refractivity contribution >= 4 is 22.5 Å². The first kappa shape index (κ1) is 21.7. The number of nitrogens with one attached hydrogen (secondary N) is 1. The lowest BCUT2D eigenvalue weighted by Gasteiger charge is -2.15. The van der Waals surface area contributed by atoms with Gasteiger partial charge in [0.1, 0.15) is 5.75 Å². The van der Waals surface area contributed by atoms with E-state index in [1.807, 2.05) is 6.92 Å². The Labute approximate surface area is 188 Å². The Morgan fingerprint density at radius 3 is 2.58 bits per heavy atom. The summed E-state index contributed by atoms with van der Waals surface area (Å²) in [6.07, 6.45) is 0.862. The van der Waals surface area contributed by atoms with E-state index in [4.69, 9.17) is 4.74 Å². The van der Waals surface area contributed by atoms with E-state index in [0.717, 1.165) is 11.1 Å². The van der Waals surface area contributed by atoms with Crippen molar-refractivity contribution in [1.29, 1.82) is 0 Å². The van der Waals surface area contributed by atoms with Gasteiger partial charge in [-0.3, -0.25) is 25.1 Å². The summed E-state index contributed by atoms with van der Waals surface area (Å²) in [7, 11) is 0. The fraction of sp³-hybridized carbons (Fsp3) is 0.125. The number of para-hydroxylation sites is 1. The van der Waals surface area contributed by atoms with Crippen LogP contribution in [0.5, 0.6) is 5.75 Å². The Morgan fingerprint density at radius 2 is 1.85 bits per heavy atom. The van der Waals surface area contributed by atoms with E-state index in [0.29, 0.717) is 34.4 Å². The van der Waals surface area contributed by atoms with Crippen LogP contribution in [0.15, 0.2) is 77.6 Å². The Kier molecular flexibility index (Phi) is 6.12. The van der Waals surface area contributed by atoms with E-state index in [2.05, 4.69) is 10.4 Å². The first-order valence-corrected chi connectivity index (χ1v) is 10.3. The highest BCUT2D eigenvalue weighted by atomic mass is 16.6. The van der Waals surface area contributed by atoms with Gasteiger partial charge in [-0.25, -0.2) is 4.98 Å². The zero-order chi connectivity index (χ0) is 23.4. The lowest BCUT2D eigenvalue weighted by Crippen LogP contribution is -2.35. The van der Waals surface area contributed by atoms with Gasteiger partial charge in [0.2, 0.25) is 0 Å². The molecule has 1 amide bonds. The van der Waals surface area contributed by atoms with Crippen LogP contribution in [-0.2, 0) is 0 Å². The van der Waals surface area contributed by atoms with Gasteiger partial charge in [0.25, 0.3) is 17.2 Å². The number of carbonyl (C=O) groups excluding carboxylic acids is 1. The topological polar surface area (TPSA) is 116 Å². The highest BCUT2D eigenvalue weighted by Crippen LogP contribution is 2.23. The number of ether oxygens (including phenoxy) is 1. The molecule has 1 aromatic heterocycles. The Balaban J connectivity index is 1.77. The van der Waals surface area contributed by atoms with Crippen LogP contribution in [0.4, 0.5) is 5.69 Å². The van der Waals surface area contributed by atoms with Crippen molar-refractivity contribution in [2.75, 3.05) is 12.0 Å². The number of benzene rings is 3. The van der Waals surface area contributed by atoms with Crippen molar-refractivity contribution in [2.45, 2.75) is 13.3 Å². The van der Waals surface area contributed by atoms with E-state index < -0.39 is 16.4 Å². The average molecular weight is 444 g/mol. The van der Waals surface area contributed by atoms with E-state index in [1.54, 1.807) is 54.6 Å². The lowest BCUT2D eigenvalue weighted by atomic mass is 10.1. The Morgan fingerprint density at radius 1 is 1.09 bits per heavy atom. The van der Waals surface area contributed by atoms with Gasteiger partial charge in [0.15, 0.2) is 5.82 Å². The third kappa shape index (κ3) is 4.57. The molecule has 4 rings (SSSR count). The Hall–Kier alpha value is -4.53. The van der Waals surface area contributed by atoms with Crippen molar-refractivity contribution in [3.63, 3.8) is 0 Å². The molecule has 0 radical (unpaired) electrons. The minimum absolute atomic E-state index is 0.0821. The van der Waals surface area contributed by atoms with Crippen LogP contribution in [0.3, 0.4) is 0 Å². The highest BCUT2D eigenvalue weighted by molar-refractivity contribution is 6.00. The summed E-state index contributed by atoms with van der Waals surface area (Å²) in [4.78, 5) is 41.4. The molecule has 9 nitrogen and oxygen atoms in total. The maximum atomic E-state index is 13.2. The molecular weight excluding hydrogens is 424 g/mol. The van der Waals surface area contributed by atoms with Gasteiger partial charge in [0, 0.05) is 23.3 Å². The smallest absolute Gasteiger partial charge is 0.280 e. The van der Waals surface area contributed by atoms with Crippen molar-refractivity contribution in [3.8, 4) is 17.1 Å². The Bertz CT molecular complexity index is 1400. The highest BCUT2D eigenvalue weighted by Gasteiger charge is 2.18. The number of nitro benzene ring substituents is 1. The molecule has 0 aliphatic heterocycles. The molecule has 4 aromatic rings. The molecule has 0 aliphatic carbocycles. The minimum Gasteiger partial charge on any atom is -0.494 e. The molecule has 33 heavy (non-hydrogen) atoms. The predicted octanol–water partition coefficient (Wildman–Crippen LogP) is 4.14. The molecule has 0 atom stereocenters. The summed E-state index contributed by atoms with van der Waals surface area (Å²) in [6.45, 7) is 2.56. The van der Waals surface area contributed by atoms with E-state index in [9.17, 15) is 19.7 Å². The van der Waals surface area contributed by atoms with Crippen molar-refractivity contribution in [2.24, 2.45) is 0 Å². The second-order valence-corrected chi connectivity index (χ2v) is 7.21. The summed E-state index contributed by atoms with van der Waals surface area (Å²) in [5.74, 6) is 0.178. The number of aromatic nitrogens is 2. The molecule has 0 unspecified atom stereocenters. The third-order valence-corrected chi connectivity index (χ3v) is 4.89. The summed E-state index contributed by atoms with van der Waals surface area (Å²) < 4.78 is 6.55. The number of rotatable bonds is 7. The second kappa shape index (κ2) is 9.31. The van der Waals surface area contributed by atoms with E-state index in [1.165, 1.54) is 18.2 Å². The summed E-state index contributed by atoms with van der Waals surface area (Å²) in [5.41, 5.74) is 2.96. The van der Waals surface area contributed by atoms with Crippen molar-refractivity contribution in [3.05, 3.63) is 98.8 Å². The molecule has 0 spiro atoms. The van der Waals surface area contributed by atoms with Crippen molar-refractivity contribution < 1.29 is 14.5 Å². The largest absolute Gasteiger partial charge is 0.494 e. The van der Waals surface area contributed by atoms with Crippen LogP contribution in [0.1, 0.15) is 23.7 Å². The van der Waals surface area contributed by atoms with E-state index in [-0.39, 0.29) is 11.5 Å². The molecular formula is C24H20N4O5. The maximum absolute atomic E-state index is 13.2. The minimum atomic E-state index is -0.539. The van der Waals surface area contributed by atoms with Crippen molar-refractivity contribution in [1.82, 2.24) is 9.66 Å². The molecule has 1 N–H and O–H groups in total. The normalized spacial score (nSPS) is 10.7. The standard InChI is InChI=1S/C24H20N4O5/c1-2-14-33-19-12-10-16(11-13-19)23(29)26-27-22(17-6-5-7-18(15-17)28(31)32)25-21-9-4-3-8-20(21)24(27)30/h3-13,15H,2,14H2,1H3,(H,26,29).